The number of aliphatic hydroxyl groups excluding tert-OH is 1. The molecule has 0 amide bonds. The maximum Gasteiger partial charge on any atom is 0.290 e. The Kier molecular flexibility index (Phi) is 6.26. The molecule has 0 bridgehead atoms. The maximum absolute atomic E-state index is 14.0. The molecule has 1 aromatic carbocycles. The summed E-state index contributed by atoms with van der Waals surface area (Å²) in [7, 11) is 0. The van der Waals surface area contributed by atoms with Gasteiger partial charge in [0.2, 0.25) is 0 Å². The van der Waals surface area contributed by atoms with E-state index in [1.54, 1.807) is 0 Å². The Morgan fingerprint density at radius 2 is 1.85 bits per heavy atom. The SMILES string of the molecule is Cl.OCC(F)(F)[C@@H](c1ccccc1F)N1CCNCC1. The van der Waals surface area contributed by atoms with Gasteiger partial charge in [0.25, 0.3) is 5.92 Å². The molecule has 1 fully saturated rings. The summed E-state index contributed by atoms with van der Waals surface area (Å²) in [5, 5.41) is 12.0. The van der Waals surface area contributed by atoms with Crippen molar-refractivity contribution in [1.29, 1.82) is 0 Å². The molecule has 20 heavy (non-hydrogen) atoms. The van der Waals surface area contributed by atoms with Gasteiger partial charge in [-0.2, -0.15) is 0 Å². The molecule has 1 aliphatic rings. The van der Waals surface area contributed by atoms with E-state index in [9.17, 15) is 13.2 Å². The Labute approximate surface area is 122 Å². The van der Waals surface area contributed by atoms with E-state index in [4.69, 9.17) is 5.11 Å². The van der Waals surface area contributed by atoms with Crippen LogP contribution in [0.3, 0.4) is 0 Å². The molecule has 1 aliphatic heterocycles. The first-order valence-corrected chi connectivity index (χ1v) is 6.24. The van der Waals surface area contributed by atoms with Crippen molar-refractivity contribution in [2.75, 3.05) is 32.8 Å². The van der Waals surface area contributed by atoms with Gasteiger partial charge in [-0.25, -0.2) is 13.2 Å². The van der Waals surface area contributed by atoms with Crippen LogP contribution in [0.15, 0.2) is 24.3 Å². The van der Waals surface area contributed by atoms with Crippen LogP contribution >= 0.6 is 12.4 Å². The molecule has 114 valence electrons. The highest BCUT2D eigenvalue weighted by Crippen LogP contribution is 2.37. The van der Waals surface area contributed by atoms with Crippen LogP contribution in [0, 0.1) is 5.82 Å². The number of alkyl halides is 2. The third-order valence-corrected chi connectivity index (χ3v) is 3.33. The Hall–Kier alpha value is -0.820. The molecule has 0 spiro atoms. The minimum absolute atomic E-state index is 0. The number of nitrogens with one attached hydrogen (secondary N) is 1. The summed E-state index contributed by atoms with van der Waals surface area (Å²) in [6, 6.07) is 4.08. The fourth-order valence-electron chi connectivity index (χ4n) is 2.41. The zero-order valence-corrected chi connectivity index (χ0v) is 11.7. The van der Waals surface area contributed by atoms with Crippen LogP contribution in [0.2, 0.25) is 0 Å². The summed E-state index contributed by atoms with van der Waals surface area (Å²) in [5.74, 6) is -4.04. The third-order valence-electron chi connectivity index (χ3n) is 3.33. The largest absolute Gasteiger partial charge is 0.390 e. The fourth-order valence-corrected chi connectivity index (χ4v) is 2.41. The van der Waals surface area contributed by atoms with Crippen LogP contribution in [0.25, 0.3) is 0 Å². The first kappa shape index (κ1) is 17.2. The molecule has 0 aromatic heterocycles. The molecule has 1 heterocycles. The third kappa shape index (κ3) is 3.63. The van der Waals surface area contributed by atoms with Gasteiger partial charge in [-0.15, -0.1) is 12.4 Å². The van der Waals surface area contributed by atoms with Gasteiger partial charge in [0.1, 0.15) is 18.5 Å². The lowest BCUT2D eigenvalue weighted by atomic mass is 9.97. The number of aliphatic hydroxyl groups is 1. The molecule has 0 saturated carbocycles. The number of piperazine rings is 1. The van der Waals surface area contributed by atoms with Gasteiger partial charge in [0, 0.05) is 31.7 Å². The van der Waals surface area contributed by atoms with E-state index >= 15 is 0 Å². The van der Waals surface area contributed by atoms with Crippen molar-refractivity contribution in [3.8, 4) is 0 Å². The quantitative estimate of drug-likeness (QED) is 0.890. The molecule has 0 radical (unpaired) electrons. The predicted octanol–water partition coefficient (Wildman–Crippen LogP) is 1.82. The summed E-state index contributed by atoms with van der Waals surface area (Å²) >= 11 is 0. The topological polar surface area (TPSA) is 35.5 Å². The smallest absolute Gasteiger partial charge is 0.290 e. The molecule has 0 unspecified atom stereocenters. The van der Waals surface area contributed by atoms with E-state index in [-0.39, 0.29) is 18.0 Å². The van der Waals surface area contributed by atoms with Gasteiger partial charge >= 0.3 is 0 Å². The second kappa shape index (κ2) is 7.26. The van der Waals surface area contributed by atoms with E-state index in [2.05, 4.69) is 5.32 Å². The first-order valence-electron chi connectivity index (χ1n) is 6.24. The fraction of sp³-hybridized carbons (Fsp3) is 0.538. The van der Waals surface area contributed by atoms with Crippen LogP contribution in [0.4, 0.5) is 13.2 Å². The number of halogens is 4. The molecular weight excluding hydrogens is 293 g/mol. The van der Waals surface area contributed by atoms with E-state index in [1.165, 1.54) is 23.1 Å². The highest BCUT2D eigenvalue weighted by molar-refractivity contribution is 5.85. The molecule has 2 N–H and O–H groups in total. The van der Waals surface area contributed by atoms with E-state index in [1.807, 2.05) is 0 Å². The van der Waals surface area contributed by atoms with Crippen molar-refractivity contribution >= 4 is 12.4 Å². The van der Waals surface area contributed by atoms with Crippen molar-refractivity contribution in [1.82, 2.24) is 10.2 Å². The number of rotatable bonds is 4. The predicted molar refractivity (Wildman–Crippen MR) is 72.9 cm³/mol. The van der Waals surface area contributed by atoms with Crippen LogP contribution in [0.5, 0.6) is 0 Å². The molecule has 1 atom stereocenters. The van der Waals surface area contributed by atoms with Crippen LogP contribution < -0.4 is 5.32 Å². The van der Waals surface area contributed by atoms with E-state index in [0.717, 1.165) is 6.07 Å². The van der Waals surface area contributed by atoms with Crippen molar-refractivity contribution in [2.24, 2.45) is 0 Å². The lowest BCUT2D eigenvalue weighted by Crippen LogP contribution is -2.51. The van der Waals surface area contributed by atoms with Gasteiger partial charge in [-0.3, -0.25) is 4.90 Å². The Balaban J connectivity index is 0.00000200. The molecule has 7 heteroatoms. The highest BCUT2D eigenvalue weighted by atomic mass is 35.5. The lowest BCUT2D eigenvalue weighted by Gasteiger charge is -2.38. The molecular formula is C13H18ClF3N2O. The van der Waals surface area contributed by atoms with Gasteiger partial charge < -0.3 is 10.4 Å². The Morgan fingerprint density at radius 1 is 1.25 bits per heavy atom. The van der Waals surface area contributed by atoms with Gasteiger partial charge in [0.15, 0.2) is 0 Å². The summed E-state index contributed by atoms with van der Waals surface area (Å²) in [6.45, 7) is 0.651. The van der Waals surface area contributed by atoms with Gasteiger partial charge in [-0.1, -0.05) is 18.2 Å². The minimum atomic E-state index is -3.38. The normalized spacial score (nSPS) is 18.4. The van der Waals surface area contributed by atoms with Crippen LogP contribution in [-0.2, 0) is 0 Å². The summed E-state index contributed by atoms with van der Waals surface area (Å²) in [4.78, 5) is 1.52. The standard InChI is InChI=1S/C13H17F3N2O.ClH/c14-11-4-2-1-3-10(11)12(13(15,16)9-19)18-7-5-17-6-8-18;/h1-4,12,17,19H,5-9H2;1H/t12-;/m1./s1. The number of benzene rings is 1. The van der Waals surface area contributed by atoms with Crippen molar-refractivity contribution in [2.45, 2.75) is 12.0 Å². The van der Waals surface area contributed by atoms with Crippen molar-refractivity contribution < 1.29 is 18.3 Å². The average molecular weight is 311 g/mol. The summed E-state index contributed by atoms with van der Waals surface area (Å²) in [5.41, 5.74) is -0.0662. The monoisotopic (exact) mass is 310 g/mol. The van der Waals surface area contributed by atoms with Crippen LogP contribution in [-0.4, -0.2) is 48.7 Å². The summed E-state index contributed by atoms with van der Waals surface area (Å²) in [6.07, 6.45) is 0. The highest BCUT2D eigenvalue weighted by Gasteiger charge is 2.45. The molecule has 1 saturated heterocycles. The molecule has 3 nitrogen and oxygen atoms in total. The van der Waals surface area contributed by atoms with Crippen molar-refractivity contribution in [3.05, 3.63) is 35.6 Å². The number of hydrogen-bond acceptors (Lipinski definition) is 3. The summed E-state index contributed by atoms with van der Waals surface area (Å²) < 4.78 is 41.8. The molecule has 1 aromatic rings. The second-order valence-electron chi connectivity index (χ2n) is 4.63. The average Bonchev–Trinajstić information content (AvgIpc) is 2.42. The first-order chi connectivity index (χ1) is 9.06. The Bertz CT molecular complexity index is 428. The van der Waals surface area contributed by atoms with Crippen LogP contribution in [0.1, 0.15) is 11.6 Å². The van der Waals surface area contributed by atoms with Gasteiger partial charge in [-0.05, 0) is 6.07 Å². The molecule has 0 aliphatic carbocycles. The number of nitrogens with zero attached hydrogens (tertiary/aromatic N) is 1. The molecule has 2 rings (SSSR count). The second-order valence-corrected chi connectivity index (χ2v) is 4.63. The van der Waals surface area contributed by atoms with E-state index < -0.39 is 24.4 Å². The lowest BCUT2D eigenvalue weighted by molar-refractivity contribution is -0.119. The zero-order valence-electron chi connectivity index (χ0n) is 10.9. The Morgan fingerprint density at radius 3 is 2.40 bits per heavy atom. The van der Waals surface area contributed by atoms with E-state index in [0.29, 0.717) is 26.2 Å². The minimum Gasteiger partial charge on any atom is -0.390 e. The van der Waals surface area contributed by atoms with Crippen molar-refractivity contribution in [3.63, 3.8) is 0 Å². The zero-order chi connectivity index (χ0) is 13.9. The maximum atomic E-state index is 14.0. The van der Waals surface area contributed by atoms with Gasteiger partial charge in [0.05, 0.1) is 0 Å². The number of hydrogen-bond donors (Lipinski definition) is 2.